The summed E-state index contributed by atoms with van der Waals surface area (Å²) in [6.45, 7) is 2.38. The van der Waals surface area contributed by atoms with E-state index < -0.39 is 9.84 Å². The summed E-state index contributed by atoms with van der Waals surface area (Å²) in [6, 6.07) is 0.491. The zero-order valence-electron chi connectivity index (χ0n) is 10.8. The Kier molecular flexibility index (Phi) is 4.40. The highest BCUT2D eigenvalue weighted by atomic mass is 32.2. The molecule has 2 aliphatic heterocycles. The number of nitrogens with zero attached hydrogens (tertiary/aromatic N) is 1. The van der Waals surface area contributed by atoms with E-state index in [0.717, 1.165) is 13.0 Å². The van der Waals surface area contributed by atoms with Crippen LogP contribution in [0.1, 0.15) is 25.7 Å². The van der Waals surface area contributed by atoms with Crippen molar-refractivity contribution in [2.45, 2.75) is 37.8 Å². The number of fused-ring (bicyclic) bond motifs is 1. The molecule has 0 N–H and O–H groups in total. The third-order valence-corrected chi connectivity index (χ3v) is 4.72. The van der Waals surface area contributed by atoms with Gasteiger partial charge in [-0.05, 0) is 25.8 Å². The van der Waals surface area contributed by atoms with Crippen LogP contribution in [0.2, 0.25) is 0 Å². The Morgan fingerprint density at radius 1 is 1.44 bits per heavy atom. The molecule has 2 atom stereocenters. The lowest BCUT2D eigenvalue weighted by Crippen LogP contribution is -2.49. The van der Waals surface area contributed by atoms with Crippen molar-refractivity contribution in [1.29, 1.82) is 0 Å². The summed E-state index contributed by atoms with van der Waals surface area (Å²) in [6.07, 6.45) is 3.90. The molecule has 0 aliphatic carbocycles. The standard InChI is InChI=1S/C12H21NO4S/c1-18(15,16)7-3-5-11(14)12-8-13-6-2-4-10(13)9-17-12/h10,12H,2-9H2,1H3. The predicted molar refractivity (Wildman–Crippen MR) is 68.3 cm³/mol. The highest BCUT2D eigenvalue weighted by molar-refractivity contribution is 7.90. The summed E-state index contributed by atoms with van der Waals surface area (Å²) in [5.41, 5.74) is 0. The number of sulfone groups is 1. The van der Waals surface area contributed by atoms with Gasteiger partial charge in [0.1, 0.15) is 15.9 Å². The van der Waals surface area contributed by atoms with Gasteiger partial charge in [-0.25, -0.2) is 8.42 Å². The molecule has 2 fully saturated rings. The Labute approximate surface area is 108 Å². The molecule has 2 aliphatic rings. The molecule has 104 valence electrons. The van der Waals surface area contributed by atoms with Gasteiger partial charge in [-0.2, -0.15) is 0 Å². The van der Waals surface area contributed by atoms with E-state index in [9.17, 15) is 13.2 Å². The molecule has 18 heavy (non-hydrogen) atoms. The summed E-state index contributed by atoms with van der Waals surface area (Å²) in [4.78, 5) is 14.2. The average molecular weight is 275 g/mol. The fourth-order valence-corrected chi connectivity index (χ4v) is 3.35. The van der Waals surface area contributed by atoms with Gasteiger partial charge in [0.05, 0.1) is 12.4 Å². The molecule has 6 heteroatoms. The van der Waals surface area contributed by atoms with Crippen molar-refractivity contribution < 1.29 is 17.9 Å². The van der Waals surface area contributed by atoms with Gasteiger partial charge in [0, 0.05) is 25.3 Å². The van der Waals surface area contributed by atoms with E-state index in [1.54, 1.807) is 0 Å². The number of hydrogen-bond donors (Lipinski definition) is 0. The van der Waals surface area contributed by atoms with Gasteiger partial charge in [-0.15, -0.1) is 0 Å². The van der Waals surface area contributed by atoms with Gasteiger partial charge >= 0.3 is 0 Å². The average Bonchev–Trinajstić information content (AvgIpc) is 2.73. The summed E-state index contributed by atoms with van der Waals surface area (Å²) in [5, 5.41) is 0. The molecule has 0 aromatic rings. The number of ether oxygens (including phenoxy) is 1. The van der Waals surface area contributed by atoms with Crippen LogP contribution in [0.3, 0.4) is 0 Å². The minimum absolute atomic E-state index is 0.0454. The third kappa shape index (κ3) is 3.76. The zero-order chi connectivity index (χ0) is 13.2. The first kappa shape index (κ1) is 14.0. The number of carbonyl (C=O) groups excluding carboxylic acids is 1. The maximum Gasteiger partial charge on any atom is 0.162 e. The van der Waals surface area contributed by atoms with Crippen molar-refractivity contribution in [3.63, 3.8) is 0 Å². The number of rotatable bonds is 5. The number of morpholine rings is 1. The second-order valence-corrected chi connectivity index (χ2v) is 7.57. The molecule has 5 nitrogen and oxygen atoms in total. The normalized spacial score (nSPS) is 29.2. The summed E-state index contributed by atoms with van der Waals surface area (Å²) in [7, 11) is -2.97. The molecule has 2 heterocycles. The Hall–Kier alpha value is -0.460. The smallest absolute Gasteiger partial charge is 0.162 e. The second-order valence-electron chi connectivity index (χ2n) is 5.31. The molecule has 0 amide bonds. The third-order valence-electron chi connectivity index (χ3n) is 3.69. The first-order valence-electron chi connectivity index (χ1n) is 6.52. The Morgan fingerprint density at radius 2 is 2.22 bits per heavy atom. The number of carbonyl (C=O) groups is 1. The van der Waals surface area contributed by atoms with Crippen LogP contribution >= 0.6 is 0 Å². The van der Waals surface area contributed by atoms with Crippen LogP contribution in [0.25, 0.3) is 0 Å². The Morgan fingerprint density at radius 3 is 2.94 bits per heavy atom. The second kappa shape index (κ2) is 5.67. The largest absolute Gasteiger partial charge is 0.367 e. The molecule has 2 unspecified atom stereocenters. The first-order chi connectivity index (χ1) is 8.46. The number of Topliss-reactive ketones (excluding diaryl/α,β-unsaturated/α-hetero) is 1. The highest BCUT2D eigenvalue weighted by Crippen LogP contribution is 2.23. The van der Waals surface area contributed by atoms with Gasteiger partial charge in [0.2, 0.25) is 0 Å². The van der Waals surface area contributed by atoms with Crippen molar-refractivity contribution in [3.05, 3.63) is 0 Å². The molecular weight excluding hydrogens is 254 g/mol. The lowest BCUT2D eigenvalue weighted by atomic mass is 10.1. The van der Waals surface area contributed by atoms with Crippen molar-refractivity contribution >= 4 is 15.6 Å². The van der Waals surface area contributed by atoms with Crippen molar-refractivity contribution in [1.82, 2.24) is 4.90 Å². The molecule has 0 bridgehead atoms. The van der Waals surface area contributed by atoms with E-state index in [0.29, 0.717) is 32.0 Å². The molecule has 2 saturated heterocycles. The molecule has 0 aromatic carbocycles. The SMILES string of the molecule is CS(=O)(=O)CCCC(=O)C1CN2CCCC2CO1. The lowest BCUT2D eigenvalue weighted by Gasteiger charge is -2.34. The van der Waals surface area contributed by atoms with Gasteiger partial charge in [-0.3, -0.25) is 9.69 Å². The first-order valence-corrected chi connectivity index (χ1v) is 8.58. The van der Waals surface area contributed by atoms with Crippen LogP contribution in [0, 0.1) is 0 Å². The van der Waals surface area contributed by atoms with Gasteiger partial charge < -0.3 is 4.74 Å². The summed E-state index contributed by atoms with van der Waals surface area (Å²) < 4.78 is 27.6. The van der Waals surface area contributed by atoms with Crippen molar-refractivity contribution in [2.24, 2.45) is 0 Å². The fraction of sp³-hybridized carbons (Fsp3) is 0.917. The lowest BCUT2D eigenvalue weighted by molar-refractivity contribution is -0.138. The summed E-state index contributed by atoms with van der Waals surface area (Å²) >= 11 is 0. The molecule has 0 spiro atoms. The van der Waals surface area contributed by atoms with Gasteiger partial charge in [0.15, 0.2) is 5.78 Å². The van der Waals surface area contributed by atoms with E-state index in [1.807, 2.05) is 0 Å². The molecular formula is C12H21NO4S. The van der Waals surface area contributed by atoms with Crippen molar-refractivity contribution in [2.75, 3.05) is 31.7 Å². The maximum atomic E-state index is 11.9. The topological polar surface area (TPSA) is 63.7 Å². The van der Waals surface area contributed by atoms with Crippen molar-refractivity contribution in [3.8, 4) is 0 Å². The van der Waals surface area contributed by atoms with E-state index in [-0.39, 0.29) is 17.6 Å². The monoisotopic (exact) mass is 275 g/mol. The minimum atomic E-state index is -2.97. The quantitative estimate of drug-likeness (QED) is 0.719. The highest BCUT2D eigenvalue weighted by Gasteiger charge is 2.34. The predicted octanol–water partition coefficient (Wildman–Crippen LogP) is 0.244. The Balaban J connectivity index is 1.76. The van der Waals surface area contributed by atoms with E-state index in [4.69, 9.17) is 4.74 Å². The summed E-state index contributed by atoms with van der Waals surface area (Å²) in [5.74, 6) is 0.127. The maximum absolute atomic E-state index is 11.9. The van der Waals surface area contributed by atoms with E-state index in [2.05, 4.69) is 4.90 Å². The number of hydrogen-bond acceptors (Lipinski definition) is 5. The van der Waals surface area contributed by atoms with Gasteiger partial charge in [-0.1, -0.05) is 0 Å². The van der Waals surface area contributed by atoms with Crippen LogP contribution in [0.4, 0.5) is 0 Å². The minimum Gasteiger partial charge on any atom is -0.367 e. The van der Waals surface area contributed by atoms with E-state index >= 15 is 0 Å². The Bertz CT molecular complexity index is 406. The van der Waals surface area contributed by atoms with Crippen LogP contribution in [0.5, 0.6) is 0 Å². The molecule has 2 rings (SSSR count). The van der Waals surface area contributed by atoms with Crippen LogP contribution in [-0.4, -0.2) is 63.0 Å². The molecule has 0 radical (unpaired) electrons. The van der Waals surface area contributed by atoms with E-state index in [1.165, 1.54) is 12.7 Å². The number of ketones is 1. The zero-order valence-corrected chi connectivity index (χ0v) is 11.6. The van der Waals surface area contributed by atoms with Crippen LogP contribution < -0.4 is 0 Å². The fourth-order valence-electron chi connectivity index (χ4n) is 2.68. The van der Waals surface area contributed by atoms with Crippen LogP contribution in [0.15, 0.2) is 0 Å². The van der Waals surface area contributed by atoms with Gasteiger partial charge in [0.25, 0.3) is 0 Å². The molecule has 0 saturated carbocycles. The van der Waals surface area contributed by atoms with Crippen LogP contribution in [-0.2, 0) is 19.4 Å². The molecule has 0 aromatic heterocycles.